The Kier molecular flexibility index (Phi) is 3.13. The molecule has 0 bridgehead atoms. The van der Waals surface area contributed by atoms with Gasteiger partial charge in [0.15, 0.2) is 0 Å². The van der Waals surface area contributed by atoms with Gasteiger partial charge in [-0.25, -0.2) is 0 Å². The van der Waals surface area contributed by atoms with Gasteiger partial charge in [0.2, 0.25) is 0 Å². The van der Waals surface area contributed by atoms with Crippen molar-refractivity contribution in [1.82, 2.24) is 0 Å². The maximum absolute atomic E-state index is 9.24. The van der Waals surface area contributed by atoms with E-state index in [-0.39, 0.29) is 6.10 Å². The van der Waals surface area contributed by atoms with E-state index in [0.29, 0.717) is 0 Å². The number of hydrogen-bond acceptors (Lipinski definition) is 1. The van der Waals surface area contributed by atoms with Crippen LogP contribution in [-0.4, -0.2) is 11.2 Å². The van der Waals surface area contributed by atoms with E-state index in [2.05, 4.69) is 13.5 Å². The van der Waals surface area contributed by atoms with Crippen LogP contribution in [0.25, 0.3) is 0 Å². The molecule has 0 aromatic carbocycles. The zero-order chi connectivity index (χ0) is 8.27. The highest BCUT2D eigenvalue weighted by Crippen LogP contribution is 2.29. The number of aliphatic hydroxyl groups excluding tert-OH is 1. The van der Waals surface area contributed by atoms with Gasteiger partial charge in [-0.1, -0.05) is 5.57 Å². The zero-order valence-corrected chi connectivity index (χ0v) is 7.34. The molecule has 1 aliphatic carbocycles. The van der Waals surface area contributed by atoms with Gasteiger partial charge in [-0.3, -0.25) is 0 Å². The Bertz CT molecular complexity index is 140. The van der Waals surface area contributed by atoms with Gasteiger partial charge in [0, 0.05) is 0 Å². The van der Waals surface area contributed by atoms with Crippen molar-refractivity contribution in [2.24, 2.45) is 5.92 Å². The predicted octanol–water partition coefficient (Wildman–Crippen LogP) is 2.50. The molecule has 1 N–H and O–H groups in total. The monoisotopic (exact) mass is 154 g/mol. The minimum atomic E-state index is -0.00915. The van der Waals surface area contributed by atoms with Gasteiger partial charge >= 0.3 is 0 Å². The lowest BCUT2D eigenvalue weighted by molar-refractivity contribution is 0.177. The van der Waals surface area contributed by atoms with Crippen LogP contribution in [0.15, 0.2) is 12.2 Å². The highest BCUT2D eigenvalue weighted by Gasteiger charge is 2.21. The molecule has 0 spiro atoms. The molecule has 0 aliphatic heterocycles. The number of allylic oxidation sites excluding steroid dienone is 1. The summed E-state index contributed by atoms with van der Waals surface area (Å²) in [4.78, 5) is 0. The van der Waals surface area contributed by atoms with Gasteiger partial charge in [-0.15, -0.1) is 6.58 Å². The molecule has 1 heteroatoms. The second-order valence-electron chi connectivity index (χ2n) is 3.83. The Morgan fingerprint density at radius 2 is 2.27 bits per heavy atom. The van der Waals surface area contributed by atoms with E-state index in [1.165, 1.54) is 18.4 Å². The number of aliphatic hydroxyl groups is 1. The van der Waals surface area contributed by atoms with Crippen LogP contribution in [-0.2, 0) is 0 Å². The van der Waals surface area contributed by atoms with E-state index in [4.69, 9.17) is 0 Å². The van der Waals surface area contributed by atoms with Crippen LogP contribution in [0.5, 0.6) is 0 Å². The fourth-order valence-electron chi connectivity index (χ4n) is 1.76. The van der Waals surface area contributed by atoms with Gasteiger partial charge in [0.25, 0.3) is 0 Å². The van der Waals surface area contributed by atoms with Crippen molar-refractivity contribution >= 4 is 0 Å². The first-order valence-corrected chi connectivity index (χ1v) is 4.51. The quantitative estimate of drug-likeness (QED) is 0.619. The molecule has 1 saturated carbocycles. The second-order valence-corrected chi connectivity index (χ2v) is 3.83. The first-order chi connectivity index (χ1) is 5.18. The van der Waals surface area contributed by atoms with Gasteiger partial charge in [0.05, 0.1) is 6.10 Å². The second kappa shape index (κ2) is 3.91. The van der Waals surface area contributed by atoms with Crippen LogP contribution in [0.3, 0.4) is 0 Å². The lowest BCUT2D eigenvalue weighted by atomic mass is 9.99. The summed E-state index contributed by atoms with van der Waals surface area (Å²) in [5, 5.41) is 9.24. The summed E-state index contributed by atoms with van der Waals surface area (Å²) >= 11 is 0. The summed E-state index contributed by atoms with van der Waals surface area (Å²) in [6, 6.07) is 0. The molecule has 0 aromatic heterocycles. The van der Waals surface area contributed by atoms with Crippen LogP contribution < -0.4 is 0 Å². The summed E-state index contributed by atoms with van der Waals surface area (Å²) in [5.74, 6) is 0.765. The molecule has 0 amide bonds. The number of rotatable bonds is 3. The predicted molar refractivity (Wildman–Crippen MR) is 47.4 cm³/mol. The molecular weight excluding hydrogens is 136 g/mol. The summed E-state index contributed by atoms with van der Waals surface area (Å²) in [5.41, 5.74) is 1.27. The summed E-state index contributed by atoms with van der Waals surface area (Å²) in [6.45, 7) is 5.95. The molecule has 1 aliphatic rings. The Labute approximate surface area is 69.1 Å². The zero-order valence-electron chi connectivity index (χ0n) is 7.34. The Morgan fingerprint density at radius 3 is 2.73 bits per heavy atom. The standard InChI is InChI=1S/C10H18O/c1-8(2)3-4-9-5-6-10(11)7-9/h9-11H,1,3-7H2,2H3. The van der Waals surface area contributed by atoms with E-state index < -0.39 is 0 Å². The van der Waals surface area contributed by atoms with E-state index in [1.807, 2.05) is 0 Å². The molecule has 11 heavy (non-hydrogen) atoms. The van der Waals surface area contributed by atoms with Gasteiger partial charge in [0.1, 0.15) is 0 Å². The third kappa shape index (κ3) is 3.06. The third-order valence-electron chi connectivity index (χ3n) is 2.49. The molecule has 0 radical (unpaired) electrons. The van der Waals surface area contributed by atoms with E-state index in [0.717, 1.165) is 25.2 Å². The average Bonchev–Trinajstić information content (AvgIpc) is 2.31. The molecule has 2 unspecified atom stereocenters. The van der Waals surface area contributed by atoms with Gasteiger partial charge < -0.3 is 5.11 Å². The van der Waals surface area contributed by atoms with Crippen LogP contribution in [0.2, 0.25) is 0 Å². The topological polar surface area (TPSA) is 20.2 Å². The number of hydrogen-bond donors (Lipinski definition) is 1. The molecular formula is C10H18O. The normalized spacial score (nSPS) is 30.7. The minimum Gasteiger partial charge on any atom is -0.393 e. The summed E-state index contributed by atoms with van der Waals surface area (Å²) < 4.78 is 0. The largest absolute Gasteiger partial charge is 0.393 e. The summed E-state index contributed by atoms with van der Waals surface area (Å²) in [7, 11) is 0. The molecule has 0 saturated heterocycles. The van der Waals surface area contributed by atoms with Crippen molar-refractivity contribution in [2.75, 3.05) is 0 Å². The molecule has 2 atom stereocenters. The lowest BCUT2D eigenvalue weighted by Gasteiger charge is -2.07. The molecule has 0 heterocycles. The highest BCUT2D eigenvalue weighted by molar-refractivity contribution is 4.89. The van der Waals surface area contributed by atoms with Crippen LogP contribution >= 0.6 is 0 Å². The van der Waals surface area contributed by atoms with E-state index in [9.17, 15) is 5.11 Å². The third-order valence-corrected chi connectivity index (χ3v) is 2.49. The minimum absolute atomic E-state index is 0.00915. The van der Waals surface area contributed by atoms with E-state index >= 15 is 0 Å². The Morgan fingerprint density at radius 1 is 1.55 bits per heavy atom. The lowest BCUT2D eigenvalue weighted by Crippen LogP contribution is -2.00. The molecule has 1 nitrogen and oxygen atoms in total. The van der Waals surface area contributed by atoms with Gasteiger partial charge in [-0.05, 0) is 44.9 Å². The maximum Gasteiger partial charge on any atom is 0.0543 e. The smallest absolute Gasteiger partial charge is 0.0543 e. The molecule has 1 fully saturated rings. The fraction of sp³-hybridized carbons (Fsp3) is 0.800. The summed E-state index contributed by atoms with van der Waals surface area (Å²) in [6.07, 6.45) is 5.61. The highest BCUT2D eigenvalue weighted by atomic mass is 16.3. The van der Waals surface area contributed by atoms with Crippen LogP contribution in [0, 0.1) is 5.92 Å². The average molecular weight is 154 g/mol. The molecule has 64 valence electrons. The van der Waals surface area contributed by atoms with Crippen molar-refractivity contribution in [3.63, 3.8) is 0 Å². The molecule has 0 aromatic rings. The van der Waals surface area contributed by atoms with Crippen LogP contribution in [0.4, 0.5) is 0 Å². The SMILES string of the molecule is C=C(C)CCC1CCC(O)C1. The first-order valence-electron chi connectivity index (χ1n) is 4.51. The van der Waals surface area contributed by atoms with Crippen molar-refractivity contribution < 1.29 is 5.11 Å². The Balaban J connectivity index is 2.13. The van der Waals surface area contributed by atoms with Crippen molar-refractivity contribution in [2.45, 2.75) is 45.1 Å². The van der Waals surface area contributed by atoms with Crippen LogP contribution in [0.1, 0.15) is 39.0 Å². The molecule has 1 rings (SSSR count). The van der Waals surface area contributed by atoms with Crippen molar-refractivity contribution in [3.8, 4) is 0 Å². The Hall–Kier alpha value is -0.300. The maximum atomic E-state index is 9.24. The first kappa shape index (κ1) is 8.79. The fourth-order valence-corrected chi connectivity index (χ4v) is 1.76. The van der Waals surface area contributed by atoms with E-state index in [1.54, 1.807) is 0 Å². The van der Waals surface area contributed by atoms with Gasteiger partial charge in [-0.2, -0.15) is 0 Å². The van der Waals surface area contributed by atoms with Crippen molar-refractivity contribution in [1.29, 1.82) is 0 Å². The van der Waals surface area contributed by atoms with Crippen molar-refractivity contribution in [3.05, 3.63) is 12.2 Å².